The largest absolute Gasteiger partial charge is 0.492 e. The van der Waals surface area contributed by atoms with Crippen LogP contribution in [0.4, 0.5) is 0 Å². The summed E-state index contributed by atoms with van der Waals surface area (Å²) < 4.78 is 44.8. The number of sulfonamides is 1. The fourth-order valence-electron chi connectivity index (χ4n) is 3.08. The van der Waals surface area contributed by atoms with Gasteiger partial charge >= 0.3 is 0 Å². The molecule has 1 heterocycles. The van der Waals surface area contributed by atoms with E-state index in [9.17, 15) is 8.42 Å². The number of aryl methyl sites for hydroxylation is 1. The minimum absolute atomic E-state index is 0.148. The second-order valence-electron chi connectivity index (χ2n) is 6.76. The van der Waals surface area contributed by atoms with Crippen LogP contribution in [0.15, 0.2) is 35.2 Å². The summed E-state index contributed by atoms with van der Waals surface area (Å²) in [5, 5.41) is 0. The smallest absolute Gasteiger partial charge is 0.244 e. The van der Waals surface area contributed by atoms with Crippen LogP contribution in [-0.4, -0.2) is 21.8 Å². The number of ether oxygens (including phenoxy) is 3. The first-order valence-corrected chi connectivity index (χ1v) is 10.5. The molecule has 3 rings (SSSR count). The number of hydrogen-bond acceptors (Lipinski definition) is 5. The van der Waals surface area contributed by atoms with Crippen LogP contribution in [0.3, 0.4) is 0 Å². The molecule has 1 aliphatic heterocycles. The second-order valence-corrected chi connectivity index (χ2v) is 8.49. The van der Waals surface area contributed by atoms with Gasteiger partial charge in [-0.1, -0.05) is 19.9 Å². The molecule has 2 aromatic rings. The Balaban J connectivity index is 1.88. The third kappa shape index (κ3) is 4.20. The molecule has 0 bridgehead atoms. The number of nitrogens with one attached hydrogen (secondary N) is 1. The predicted octanol–water partition coefficient (Wildman–Crippen LogP) is 3.72. The van der Waals surface area contributed by atoms with Crippen LogP contribution in [-0.2, 0) is 16.6 Å². The van der Waals surface area contributed by atoms with Crippen molar-refractivity contribution in [3.8, 4) is 17.2 Å². The highest BCUT2D eigenvalue weighted by Gasteiger charge is 2.23. The van der Waals surface area contributed by atoms with E-state index in [0.29, 0.717) is 23.9 Å². The van der Waals surface area contributed by atoms with Gasteiger partial charge in [-0.25, -0.2) is 13.1 Å². The number of rotatable bonds is 7. The van der Waals surface area contributed by atoms with Crippen molar-refractivity contribution in [2.24, 2.45) is 0 Å². The van der Waals surface area contributed by atoms with Gasteiger partial charge in [-0.05, 0) is 60.7 Å². The maximum atomic E-state index is 13.0. The third-order valence-corrected chi connectivity index (χ3v) is 5.87. The number of fused-ring (bicyclic) bond motifs is 1. The second kappa shape index (κ2) is 7.78. The van der Waals surface area contributed by atoms with Crippen molar-refractivity contribution in [1.82, 2.24) is 4.72 Å². The van der Waals surface area contributed by atoms with Crippen molar-refractivity contribution in [2.75, 3.05) is 13.4 Å². The van der Waals surface area contributed by atoms with E-state index in [4.69, 9.17) is 14.2 Å². The monoisotopic (exact) mass is 391 g/mol. The summed E-state index contributed by atoms with van der Waals surface area (Å²) in [7, 11) is -3.75. The number of hydrogen-bond donors (Lipinski definition) is 1. The molecule has 0 unspecified atom stereocenters. The Hall–Kier alpha value is -2.25. The van der Waals surface area contributed by atoms with Gasteiger partial charge in [0.05, 0.1) is 6.61 Å². The zero-order chi connectivity index (χ0) is 19.6. The van der Waals surface area contributed by atoms with E-state index in [1.165, 1.54) is 0 Å². The fourth-order valence-corrected chi connectivity index (χ4v) is 4.26. The van der Waals surface area contributed by atoms with Crippen LogP contribution in [0.2, 0.25) is 0 Å². The molecule has 1 N–H and O–H groups in total. The Morgan fingerprint density at radius 1 is 1.15 bits per heavy atom. The lowest BCUT2D eigenvalue weighted by Crippen LogP contribution is -2.24. The molecular formula is C20H25NO5S. The number of benzene rings is 2. The Morgan fingerprint density at radius 2 is 1.89 bits per heavy atom. The highest BCUT2D eigenvalue weighted by molar-refractivity contribution is 7.89. The summed E-state index contributed by atoms with van der Waals surface area (Å²) in [6.45, 7) is 8.61. The van der Waals surface area contributed by atoms with E-state index in [1.54, 1.807) is 24.3 Å². The van der Waals surface area contributed by atoms with Crippen LogP contribution in [0.25, 0.3) is 0 Å². The topological polar surface area (TPSA) is 73.9 Å². The van der Waals surface area contributed by atoms with Gasteiger partial charge in [0.1, 0.15) is 10.6 Å². The minimum Gasteiger partial charge on any atom is -0.492 e. The van der Waals surface area contributed by atoms with Gasteiger partial charge < -0.3 is 14.2 Å². The molecule has 146 valence electrons. The first kappa shape index (κ1) is 19.5. The molecule has 0 fully saturated rings. The summed E-state index contributed by atoms with van der Waals surface area (Å²) >= 11 is 0. The Bertz CT molecular complexity index is 938. The van der Waals surface area contributed by atoms with E-state index < -0.39 is 10.0 Å². The van der Waals surface area contributed by atoms with Gasteiger partial charge in [-0.15, -0.1) is 0 Å². The molecule has 6 nitrogen and oxygen atoms in total. The van der Waals surface area contributed by atoms with E-state index in [-0.39, 0.29) is 24.2 Å². The summed E-state index contributed by atoms with van der Waals surface area (Å²) in [5.41, 5.74) is 2.79. The first-order chi connectivity index (χ1) is 12.8. The fraction of sp³-hybridized carbons (Fsp3) is 0.400. The molecule has 0 saturated carbocycles. The van der Waals surface area contributed by atoms with Gasteiger partial charge in [0.15, 0.2) is 11.5 Å². The third-order valence-electron chi connectivity index (χ3n) is 4.45. The minimum atomic E-state index is -3.75. The van der Waals surface area contributed by atoms with Gasteiger partial charge in [-0.3, -0.25) is 0 Å². The highest BCUT2D eigenvalue weighted by Crippen LogP contribution is 2.33. The zero-order valence-corrected chi connectivity index (χ0v) is 16.9. The average Bonchev–Trinajstić information content (AvgIpc) is 3.07. The van der Waals surface area contributed by atoms with Crippen molar-refractivity contribution < 1.29 is 22.6 Å². The van der Waals surface area contributed by atoms with Crippen molar-refractivity contribution >= 4 is 10.0 Å². The molecule has 0 radical (unpaired) electrons. The summed E-state index contributed by atoms with van der Waals surface area (Å²) in [6, 6.07) is 8.89. The highest BCUT2D eigenvalue weighted by atomic mass is 32.2. The van der Waals surface area contributed by atoms with E-state index in [2.05, 4.69) is 4.72 Å². The van der Waals surface area contributed by atoms with Crippen LogP contribution >= 0.6 is 0 Å². The molecule has 0 aromatic heterocycles. The van der Waals surface area contributed by atoms with Crippen molar-refractivity contribution in [2.45, 2.75) is 45.1 Å². The lowest BCUT2D eigenvalue weighted by atomic mass is 9.98. The molecule has 0 atom stereocenters. The Labute approximate surface area is 160 Å². The summed E-state index contributed by atoms with van der Waals surface area (Å²) in [4.78, 5) is 0.166. The van der Waals surface area contributed by atoms with Gasteiger partial charge in [-0.2, -0.15) is 0 Å². The van der Waals surface area contributed by atoms with Crippen LogP contribution in [0.5, 0.6) is 17.2 Å². The van der Waals surface area contributed by atoms with Crippen molar-refractivity contribution in [3.63, 3.8) is 0 Å². The predicted molar refractivity (Wildman–Crippen MR) is 103 cm³/mol. The molecule has 0 spiro atoms. The Kier molecular flexibility index (Phi) is 5.62. The maximum absolute atomic E-state index is 13.0. The summed E-state index contributed by atoms with van der Waals surface area (Å²) in [5.74, 6) is 1.88. The zero-order valence-electron chi connectivity index (χ0n) is 16.0. The van der Waals surface area contributed by atoms with Gasteiger partial charge in [0.2, 0.25) is 16.8 Å². The molecule has 2 aromatic carbocycles. The lowest BCUT2D eigenvalue weighted by Gasteiger charge is -2.17. The molecule has 7 heteroatoms. The molecule has 1 aliphatic rings. The van der Waals surface area contributed by atoms with Crippen molar-refractivity contribution in [1.29, 1.82) is 0 Å². The van der Waals surface area contributed by atoms with Gasteiger partial charge in [0.25, 0.3) is 0 Å². The van der Waals surface area contributed by atoms with E-state index in [1.807, 2.05) is 33.8 Å². The van der Waals surface area contributed by atoms with Crippen molar-refractivity contribution in [3.05, 3.63) is 47.0 Å². The van der Waals surface area contributed by atoms with Crippen LogP contribution in [0, 0.1) is 6.92 Å². The lowest BCUT2D eigenvalue weighted by molar-refractivity contribution is 0.174. The molecule has 0 aliphatic carbocycles. The van der Waals surface area contributed by atoms with Gasteiger partial charge in [0, 0.05) is 6.54 Å². The quantitative estimate of drug-likeness (QED) is 0.779. The SMILES string of the molecule is CCOc1cc(C)c(C(C)C)cc1S(=O)(=O)NCc1ccc2c(c1)OCO2. The first-order valence-electron chi connectivity index (χ1n) is 8.97. The van der Waals surface area contributed by atoms with E-state index in [0.717, 1.165) is 16.7 Å². The molecule has 27 heavy (non-hydrogen) atoms. The molecule has 0 saturated heterocycles. The van der Waals surface area contributed by atoms with E-state index >= 15 is 0 Å². The summed E-state index contributed by atoms with van der Waals surface area (Å²) in [6.07, 6.45) is 0. The molecule has 0 amide bonds. The maximum Gasteiger partial charge on any atom is 0.244 e. The Morgan fingerprint density at radius 3 is 2.59 bits per heavy atom. The average molecular weight is 391 g/mol. The standard InChI is InChI=1S/C20H25NO5S/c1-5-24-19-8-14(4)16(13(2)3)10-20(19)27(22,23)21-11-15-6-7-17-18(9-15)26-12-25-17/h6-10,13,21H,5,11-12H2,1-4H3. The molecular weight excluding hydrogens is 366 g/mol. The van der Waals surface area contributed by atoms with Crippen LogP contribution < -0.4 is 18.9 Å². The van der Waals surface area contributed by atoms with Crippen LogP contribution in [0.1, 0.15) is 43.4 Å². The normalized spacial score (nSPS) is 13.2.